The SMILES string of the molecule is Cc1cccc2c1ccn2CCOc1ccc(CN)cc1. The van der Waals surface area contributed by atoms with Crippen molar-refractivity contribution in [3.8, 4) is 5.75 Å². The Hall–Kier alpha value is -2.26. The van der Waals surface area contributed by atoms with Crippen molar-refractivity contribution in [1.29, 1.82) is 0 Å². The molecule has 3 aromatic rings. The molecule has 1 heterocycles. The van der Waals surface area contributed by atoms with Gasteiger partial charge in [0.05, 0.1) is 6.54 Å². The highest BCUT2D eigenvalue weighted by Gasteiger charge is 2.03. The molecule has 108 valence electrons. The summed E-state index contributed by atoms with van der Waals surface area (Å²) in [5.74, 6) is 0.889. The molecule has 1 aromatic heterocycles. The summed E-state index contributed by atoms with van der Waals surface area (Å²) in [5, 5.41) is 1.31. The summed E-state index contributed by atoms with van der Waals surface area (Å²) in [6.07, 6.45) is 2.12. The van der Waals surface area contributed by atoms with Crippen LogP contribution in [0.2, 0.25) is 0 Å². The zero-order valence-electron chi connectivity index (χ0n) is 12.3. The lowest BCUT2D eigenvalue weighted by Crippen LogP contribution is -2.07. The van der Waals surface area contributed by atoms with Gasteiger partial charge < -0.3 is 15.0 Å². The van der Waals surface area contributed by atoms with Crippen molar-refractivity contribution in [2.24, 2.45) is 5.73 Å². The minimum absolute atomic E-state index is 0.564. The summed E-state index contributed by atoms with van der Waals surface area (Å²) in [5.41, 5.74) is 9.28. The third-order valence-electron chi connectivity index (χ3n) is 3.79. The Morgan fingerprint density at radius 3 is 2.62 bits per heavy atom. The number of aromatic nitrogens is 1. The number of nitrogens with two attached hydrogens (primary N) is 1. The third-order valence-corrected chi connectivity index (χ3v) is 3.79. The molecular formula is C18H20N2O. The quantitative estimate of drug-likeness (QED) is 0.777. The van der Waals surface area contributed by atoms with Gasteiger partial charge in [0.1, 0.15) is 12.4 Å². The fourth-order valence-corrected chi connectivity index (χ4v) is 2.56. The first kappa shape index (κ1) is 13.7. The highest BCUT2D eigenvalue weighted by atomic mass is 16.5. The molecule has 0 aliphatic rings. The van der Waals surface area contributed by atoms with Gasteiger partial charge in [-0.1, -0.05) is 24.3 Å². The van der Waals surface area contributed by atoms with Gasteiger partial charge in [-0.25, -0.2) is 0 Å². The largest absolute Gasteiger partial charge is 0.492 e. The van der Waals surface area contributed by atoms with Crippen LogP contribution in [0.15, 0.2) is 54.7 Å². The molecule has 3 heteroatoms. The number of nitrogens with zero attached hydrogens (tertiary/aromatic N) is 1. The van der Waals surface area contributed by atoms with Crippen LogP contribution in [-0.2, 0) is 13.1 Å². The van der Waals surface area contributed by atoms with Gasteiger partial charge in [-0.05, 0) is 42.3 Å². The average molecular weight is 280 g/mol. The van der Waals surface area contributed by atoms with E-state index in [1.807, 2.05) is 24.3 Å². The molecule has 3 rings (SSSR count). The standard InChI is InChI=1S/C18H20N2O/c1-14-3-2-4-18-17(14)9-10-20(18)11-12-21-16-7-5-15(13-19)6-8-16/h2-10H,11-13,19H2,1H3. The van der Waals surface area contributed by atoms with Gasteiger partial charge in [0.25, 0.3) is 0 Å². The molecule has 0 unspecified atom stereocenters. The second-order valence-corrected chi connectivity index (χ2v) is 5.21. The average Bonchev–Trinajstić information content (AvgIpc) is 2.93. The van der Waals surface area contributed by atoms with Gasteiger partial charge in [0, 0.05) is 23.6 Å². The summed E-state index contributed by atoms with van der Waals surface area (Å²) >= 11 is 0. The van der Waals surface area contributed by atoms with Gasteiger partial charge in [0.15, 0.2) is 0 Å². The van der Waals surface area contributed by atoms with Crippen LogP contribution in [-0.4, -0.2) is 11.2 Å². The minimum atomic E-state index is 0.564. The van der Waals surface area contributed by atoms with E-state index in [1.165, 1.54) is 16.5 Å². The smallest absolute Gasteiger partial charge is 0.119 e. The molecule has 0 saturated heterocycles. The Morgan fingerprint density at radius 2 is 1.86 bits per heavy atom. The lowest BCUT2D eigenvalue weighted by molar-refractivity contribution is 0.300. The van der Waals surface area contributed by atoms with E-state index in [9.17, 15) is 0 Å². The molecule has 2 aromatic carbocycles. The maximum Gasteiger partial charge on any atom is 0.119 e. The zero-order chi connectivity index (χ0) is 14.7. The van der Waals surface area contributed by atoms with Crippen LogP contribution in [0.4, 0.5) is 0 Å². The van der Waals surface area contributed by atoms with Gasteiger partial charge in [-0.2, -0.15) is 0 Å². The van der Waals surface area contributed by atoms with E-state index in [2.05, 4.69) is 42.0 Å². The molecule has 0 amide bonds. The second kappa shape index (κ2) is 6.02. The molecule has 0 atom stereocenters. The summed E-state index contributed by atoms with van der Waals surface area (Å²) in [7, 11) is 0. The molecule has 0 fully saturated rings. The number of fused-ring (bicyclic) bond motifs is 1. The first-order valence-electron chi connectivity index (χ1n) is 7.24. The number of aryl methyl sites for hydroxylation is 1. The van der Waals surface area contributed by atoms with Crippen LogP contribution >= 0.6 is 0 Å². The normalized spacial score (nSPS) is 11.0. The van der Waals surface area contributed by atoms with Crippen molar-refractivity contribution in [2.75, 3.05) is 6.61 Å². The molecule has 0 bridgehead atoms. The third kappa shape index (κ3) is 2.93. The summed E-state index contributed by atoms with van der Waals surface area (Å²) in [6.45, 7) is 4.20. The highest BCUT2D eigenvalue weighted by Crippen LogP contribution is 2.19. The van der Waals surface area contributed by atoms with Crippen molar-refractivity contribution in [3.63, 3.8) is 0 Å². The predicted octanol–water partition coefficient (Wildman–Crippen LogP) is 3.49. The topological polar surface area (TPSA) is 40.2 Å². The van der Waals surface area contributed by atoms with Crippen molar-refractivity contribution in [1.82, 2.24) is 4.57 Å². The first-order chi connectivity index (χ1) is 10.3. The first-order valence-corrected chi connectivity index (χ1v) is 7.24. The van der Waals surface area contributed by atoms with Gasteiger partial charge in [-0.15, -0.1) is 0 Å². The Kier molecular flexibility index (Phi) is 3.93. The number of hydrogen-bond donors (Lipinski definition) is 1. The van der Waals surface area contributed by atoms with Crippen LogP contribution in [0, 0.1) is 6.92 Å². The van der Waals surface area contributed by atoms with E-state index in [0.29, 0.717) is 13.2 Å². The molecule has 0 radical (unpaired) electrons. The highest BCUT2D eigenvalue weighted by molar-refractivity contribution is 5.83. The summed E-state index contributed by atoms with van der Waals surface area (Å²) in [6, 6.07) is 16.5. The van der Waals surface area contributed by atoms with Gasteiger partial charge >= 0.3 is 0 Å². The fourth-order valence-electron chi connectivity index (χ4n) is 2.56. The lowest BCUT2D eigenvalue weighted by Gasteiger charge is -2.09. The van der Waals surface area contributed by atoms with E-state index in [1.54, 1.807) is 0 Å². The van der Waals surface area contributed by atoms with Crippen molar-refractivity contribution in [3.05, 3.63) is 65.9 Å². The fraction of sp³-hybridized carbons (Fsp3) is 0.222. The molecule has 0 aliphatic carbocycles. The number of ether oxygens (including phenoxy) is 1. The molecule has 3 nitrogen and oxygen atoms in total. The molecule has 2 N–H and O–H groups in total. The molecule has 0 aliphatic heterocycles. The molecule has 0 saturated carbocycles. The Bertz CT molecular complexity index is 729. The van der Waals surface area contributed by atoms with Crippen LogP contribution in [0.5, 0.6) is 5.75 Å². The van der Waals surface area contributed by atoms with Gasteiger partial charge in [0.2, 0.25) is 0 Å². The zero-order valence-corrected chi connectivity index (χ0v) is 12.3. The minimum Gasteiger partial charge on any atom is -0.492 e. The van der Waals surface area contributed by atoms with E-state index >= 15 is 0 Å². The van der Waals surface area contributed by atoms with Crippen molar-refractivity contribution < 1.29 is 4.74 Å². The molecule has 0 spiro atoms. The monoisotopic (exact) mass is 280 g/mol. The van der Waals surface area contributed by atoms with Crippen molar-refractivity contribution in [2.45, 2.75) is 20.0 Å². The number of rotatable bonds is 5. The van der Waals surface area contributed by atoms with Crippen LogP contribution in [0.1, 0.15) is 11.1 Å². The Morgan fingerprint density at radius 1 is 1.05 bits per heavy atom. The maximum absolute atomic E-state index is 5.80. The van der Waals surface area contributed by atoms with Crippen LogP contribution in [0.3, 0.4) is 0 Å². The van der Waals surface area contributed by atoms with Crippen LogP contribution in [0.25, 0.3) is 10.9 Å². The predicted molar refractivity (Wildman–Crippen MR) is 86.5 cm³/mol. The van der Waals surface area contributed by atoms with E-state index < -0.39 is 0 Å². The second-order valence-electron chi connectivity index (χ2n) is 5.21. The van der Waals surface area contributed by atoms with E-state index in [4.69, 9.17) is 10.5 Å². The van der Waals surface area contributed by atoms with Gasteiger partial charge in [-0.3, -0.25) is 0 Å². The van der Waals surface area contributed by atoms with Crippen molar-refractivity contribution >= 4 is 10.9 Å². The van der Waals surface area contributed by atoms with Crippen LogP contribution < -0.4 is 10.5 Å². The van der Waals surface area contributed by atoms with E-state index in [0.717, 1.165) is 17.9 Å². The number of hydrogen-bond acceptors (Lipinski definition) is 2. The summed E-state index contributed by atoms with van der Waals surface area (Å²) < 4.78 is 8.03. The Balaban J connectivity index is 1.65. The molecule has 21 heavy (non-hydrogen) atoms. The summed E-state index contributed by atoms with van der Waals surface area (Å²) in [4.78, 5) is 0. The lowest BCUT2D eigenvalue weighted by atomic mass is 10.1. The molecular weight excluding hydrogens is 260 g/mol. The Labute approximate surface area is 125 Å². The maximum atomic E-state index is 5.80. The number of benzene rings is 2. The van der Waals surface area contributed by atoms with E-state index in [-0.39, 0.29) is 0 Å².